The largest absolute Gasteiger partial charge is 0.368 e. The summed E-state index contributed by atoms with van der Waals surface area (Å²) >= 11 is 9.24. The van der Waals surface area contributed by atoms with E-state index in [-0.39, 0.29) is 12.0 Å². The zero-order valence-electron chi connectivity index (χ0n) is 12.9. The summed E-state index contributed by atoms with van der Waals surface area (Å²) in [4.78, 5) is 23.7. The highest BCUT2D eigenvalue weighted by Crippen LogP contribution is 2.22. The molecule has 0 aliphatic heterocycles. The van der Waals surface area contributed by atoms with Crippen LogP contribution in [0.1, 0.15) is 11.1 Å². The zero-order chi connectivity index (χ0) is 18.6. The Labute approximate surface area is 156 Å². The molecule has 2 amide bonds. The van der Waals surface area contributed by atoms with E-state index in [1.165, 1.54) is 6.07 Å². The standard InChI is InChI=1S/C17H14BrClF2N2O2/c18-12-5-4-10(19)6-9(12)7-15(17(22)25)23-16(24)8-11-13(20)2-1-3-14(11)21/h1-6,15H,7-8H2,(H2,22,25)(H,23,24)/t15-/m0/s1. The lowest BCUT2D eigenvalue weighted by Crippen LogP contribution is -2.46. The number of amides is 2. The van der Waals surface area contributed by atoms with Crippen molar-refractivity contribution >= 4 is 39.3 Å². The molecule has 0 unspecified atom stereocenters. The first kappa shape index (κ1) is 19.3. The van der Waals surface area contributed by atoms with Crippen molar-refractivity contribution < 1.29 is 18.4 Å². The minimum Gasteiger partial charge on any atom is -0.368 e. The smallest absolute Gasteiger partial charge is 0.240 e. The van der Waals surface area contributed by atoms with Crippen molar-refractivity contribution in [1.29, 1.82) is 0 Å². The molecule has 2 aromatic rings. The van der Waals surface area contributed by atoms with E-state index in [9.17, 15) is 18.4 Å². The maximum Gasteiger partial charge on any atom is 0.240 e. The summed E-state index contributed by atoms with van der Waals surface area (Å²) in [7, 11) is 0. The fraction of sp³-hybridized carbons (Fsp3) is 0.176. The number of hydrogen-bond acceptors (Lipinski definition) is 2. The second kappa shape index (κ2) is 8.40. The van der Waals surface area contributed by atoms with Crippen molar-refractivity contribution in [3.05, 3.63) is 68.7 Å². The molecule has 0 aliphatic carbocycles. The molecule has 4 nitrogen and oxygen atoms in total. The molecule has 0 aromatic heterocycles. The van der Waals surface area contributed by atoms with Crippen LogP contribution in [0, 0.1) is 11.6 Å². The van der Waals surface area contributed by atoms with Crippen LogP contribution in [0.15, 0.2) is 40.9 Å². The van der Waals surface area contributed by atoms with E-state index in [0.29, 0.717) is 15.1 Å². The van der Waals surface area contributed by atoms with Crippen LogP contribution >= 0.6 is 27.5 Å². The van der Waals surface area contributed by atoms with Crippen molar-refractivity contribution in [2.45, 2.75) is 18.9 Å². The normalized spacial score (nSPS) is 11.8. The average molecular weight is 432 g/mol. The van der Waals surface area contributed by atoms with Crippen molar-refractivity contribution in [3.8, 4) is 0 Å². The molecule has 1 atom stereocenters. The second-order valence-electron chi connectivity index (χ2n) is 5.34. The molecule has 132 valence electrons. The molecule has 3 N–H and O–H groups in total. The molecule has 2 aromatic carbocycles. The molecule has 8 heteroatoms. The van der Waals surface area contributed by atoms with Crippen LogP contribution in [0.5, 0.6) is 0 Å². The summed E-state index contributed by atoms with van der Waals surface area (Å²) in [5.41, 5.74) is 5.62. The van der Waals surface area contributed by atoms with Gasteiger partial charge in [0.05, 0.1) is 6.42 Å². The number of primary amides is 1. The van der Waals surface area contributed by atoms with Gasteiger partial charge in [-0.1, -0.05) is 33.6 Å². The van der Waals surface area contributed by atoms with Crippen molar-refractivity contribution in [2.24, 2.45) is 5.73 Å². The predicted molar refractivity (Wildman–Crippen MR) is 94.0 cm³/mol. The number of halogens is 4. The topological polar surface area (TPSA) is 72.2 Å². The first-order valence-electron chi connectivity index (χ1n) is 7.23. The van der Waals surface area contributed by atoms with Gasteiger partial charge in [0.15, 0.2) is 0 Å². The Balaban J connectivity index is 2.12. The first-order valence-corrected chi connectivity index (χ1v) is 8.40. The molecule has 0 radical (unpaired) electrons. The van der Waals surface area contributed by atoms with Crippen molar-refractivity contribution in [1.82, 2.24) is 5.32 Å². The van der Waals surface area contributed by atoms with Gasteiger partial charge < -0.3 is 11.1 Å². The number of carbonyl (C=O) groups is 2. The van der Waals surface area contributed by atoms with Gasteiger partial charge in [0.1, 0.15) is 17.7 Å². The SMILES string of the molecule is NC(=O)[C@H](Cc1cc(Cl)ccc1Br)NC(=O)Cc1c(F)cccc1F. The van der Waals surface area contributed by atoms with Crippen LogP contribution in [0.4, 0.5) is 8.78 Å². The molecule has 0 saturated heterocycles. The maximum absolute atomic E-state index is 13.6. The number of benzene rings is 2. The van der Waals surface area contributed by atoms with Crippen molar-refractivity contribution in [2.75, 3.05) is 0 Å². The van der Waals surface area contributed by atoms with Gasteiger partial charge in [0, 0.05) is 21.5 Å². The molecule has 0 heterocycles. The Morgan fingerprint density at radius 1 is 1.20 bits per heavy atom. The first-order chi connectivity index (χ1) is 11.8. The van der Waals surface area contributed by atoms with E-state index in [1.807, 2.05) is 0 Å². The van der Waals surface area contributed by atoms with Gasteiger partial charge in [-0.05, 0) is 35.9 Å². The molecule has 2 rings (SSSR count). The van der Waals surface area contributed by atoms with E-state index < -0.39 is 35.9 Å². The minimum atomic E-state index is -1.04. The van der Waals surface area contributed by atoms with Gasteiger partial charge in [-0.25, -0.2) is 8.78 Å². The highest BCUT2D eigenvalue weighted by atomic mass is 79.9. The fourth-order valence-corrected chi connectivity index (χ4v) is 2.85. The van der Waals surface area contributed by atoms with Crippen LogP contribution < -0.4 is 11.1 Å². The number of carbonyl (C=O) groups excluding carboxylic acids is 2. The third kappa shape index (κ3) is 5.24. The number of nitrogens with two attached hydrogens (primary N) is 1. The van der Waals surface area contributed by atoms with E-state index in [2.05, 4.69) is 21.2 Å². The summed E-state index contributed by atoms with van der Waals surface area (Å²) in [6.07, 6.45) is -0.457. The molecule has 25 heavy (non-hydrogen) atoms. The Kier molecular flexibility index (Phi) is 6.50. The van der Waals surface area contributed by atoms with Crippen LogP contribution in [-0.2, 0) is 22.4 Å². The van der Waals surface area contributed by atoms with Crippen LogP contribution in [0.25, 0.3) is 0 Å². The van der Waals surface area contributed by atoms with Gasteiger partial charge in [-0.2, -0.15) is 0 Å². The number of rotatable bonds is 6. The summed E-state index contributed by atoms with van der Waals surface area (Å²) in [5, 5.41) is 2.86. The highest BCUT2D eigenvalue weighted by Gasteiger charge is 2.21. The van der Waals surface area contributed by atoms with Gasteiger partial charge in [0.25, 0.3) is 0 Å². The quantitative estimate of drug-likeness (QED) is 0.737. The molecule has 0 bridgehead atoms. The van der Waals surface area contributed by atoms with Crippen LogP contribution in [0.3, 0.4) is 0 Å². The lowest BCUT2D eigenvalue weighted by atomic mass is 10.0. The van der Waals surface area contributed by atoms with E-state index in [4.69, 9.17) is 17.3 Å². The molecule has 0 spiro atoms. The number of hydrogen-bond donors (Lipinski definition) is 2. The van der Waals surface area contributed by atoms with E-state index >= 15 is 0 Å². The Morgan fingerprint density at radius 2 is 1.84 bits per heavy atom. The van der Waals surface area contributed by atoms with E-state index in [0.717, 1.165) is 12.1 Å². The van der Waals surface area contributed by atoms with Gasteiger partial charge in [-0.3, -0.25) is 9.59 Å². The fourth-order valence-electron chi connectivity index (χ4n) is 2.25. The molecule has 0 saturated carbocycles. The van der Waals surface area contributed by atoms with Gasteiger partial charge in [-0.15, -0.1) is 0 Å². The van der Waals surface area contributed by atoms with Gasteiger partial charge in [0.2, 0.25) is 11.8 Å². The lowest BCUT2D eigenvalue weighted by molar-refractivity contribution is -0.127. The zero-order valence-corrected chi connectivity index (χ0v) is 15.2. The van der Waals surface area contributed by atoms with E-state index in [1.54, 1.807) is 18.2 Å². The molecular formula is C17H14BrClF2N2O2. The molecular weight excluding hydrogens is 418 g/mol. The van der Waals surface area contributed by atoms with Crippen molar-refractivity contribution in [3.63, 3.8) is 0 Å². The lowest BCUT2D eigenvalue weighted by Gasteiger charge is -2.17. The Hall–Kier alpha value is -1.99. The average Bonchev–Trinajstić information content (AvgIpc) is 2.53. The summed E-state index contributed by atoms with van der Waals surface area (Å²) in [6, 6.07) is 7.26. The molecule has 0 fully saturated rings. The maximum atomic E-state index is 13.6. The van der Waals surface area contributed by atoms with Crippen LogP contribution in [0.2, 0.25) is 5.02 Å². The Morgan fingerprint density at radius 3 is 2.44 bits per heavy atom. The van der Waals surface area contributed by atoms with Gasteiger partial charge >= 0.3 is 0 Å². The van der Waals surface area contributed by atoms with Crippen LogP contribution in [-0.4, -0.2) is 17.9 Å². The molecule has 0 aliphatic rings. The third-order valence-corrected chi connectivity index (χ3v) is 4.52. The number of nitrogens with one attached hydrogen (secondary N) is 1. The Bertz CT molecular complexity index is 797. The summed E-state index contributed by atoms with van der Waals surface area (Å²) < 4.78 is 27.9. The monoisotopic (exact) mass is 430 g/mol. The second-order valence-corrected chi connectivity index (χ2v) is 6.63. The third-order valence-electron chi connectivity index (χ3n) is 3.51. The predicted octanol–water partition coefficient (Wildman–Crippen LogP) is 3.14. The minimum absolute atomic E-state index is 0.0853. The highest BCUT2D eigenvalue weighted by molar-refractivity contribution is 9.10. The summed E-state index contributed by atoms with van der Waals surface area (Å²) in [5.74, 6) is -3.15. The summed E-state index contributed by atoms with van der Waals surface area (Å²) in [6.45, 7) is 0.